The van der Waals surface area contributed by atoms with Gasteiger partial charge in [-0.3, -0.25) is 29.4 Å². The predicted molar refractivity (Wildman–Crippen MR) is 132 cm³/mol. The zero-order valence-corrected chi connectivity index (χ0v) is 21.3. The summed E-state index contributed by atoms with van der Waals surface area (Å²) in [6, 6.07) is 4.26. The van der Waals surface area contributed by atoms with Crippen molar-refractivity contribution in [2.75, 3.05) is 19.6 Å². The molecule has 36 heavy (non-hydrogen) atoms. The quantitative estimate of drug-likeness (QED) is 0.314. The molecule has 0 saturated carbocycles. The van der Waals surface area contributed by atoms with E-state index in [-0.39, 0.29) is 12.8 Å². The molecule has 2 aliphatic heterocycles. The average molecular weight is 501 g/mol. The van der Waals surface area contributed by atoms with Crippen molar-refractivity contribution in [1.29, 1.82) is 0 Å². The molecule has 0 spiro atoms. The zero-order chi connectivity index (χ0) is 26.3. The molecule has 0 aromatic heterocycles. The van der Waals surface area contributed by atoms with E-state index in [1.54, 1.807) is 12.1 Å². The van der Waals surface area contributed by atoms with E-state index in [2.05, 4.69) is 16.0 Å². The van der Waals surface area contributed by atoms with E-state index >= 15 is 0 Å². The fraction of sp³-hybridized carbons (Fsp3) is 0.577. The molecule has 0 radical (unpaired) electrons. The Morgan fingerprint density at radius 1 is 1.03 bits per heavy atom. The van der Waals surface area contributed by atoms with E-state index < -0.39 is 41.4 Å². The maximum absolute atomic E-state index is 13.1. The molecule has 0 aliphatic carbocycles. The zero-order valence-electron chi connectivity index (χ0n) is 21.3. The Morgan fingerprint density at radius 2 is 1.75 bits per heavy atom. The maximum atomic E-state index is 13.1. The van der Waals surface area contributed by atoms with Crippen LogP contribution in [-0.4, -0.2) is 65.9 Å². The van der Waals surface area contributed by atoms with Gasteiger partial charge >= 0.3 is 6.09 Å². The van der Waals surface area contributed by atoms with Gasteiger partial charge in [0.05, 0.1) is 11.1 Å². The molecule has 1 atom stereocenters. The smallest absolute Gasteiger partial charge is 0.407 e. The number of aryl methyl sites for hydroxylation is 1. The van der Waals surface area contributed by atoms with Crippen LogP contribution in [-0.2, 0) is 20.7 Å². The second-order valence-corrected chi connectivity index (χ2v) is 10.1. The first-order valence-corrected chi connectivity index (χ1v) is 12.6. The standard InChI is InChI=1S/C26H36N4O6/c1-26(2,3)36-25(35)28-16-6-4-5-14-27-15-8-10-17-9-7-11-18-21(17)24(34)30(23(18)33)19-12-13-20(31)29-22(19)32/h7,9,11,19,27H,4-6,8,10,12-16H2,1-3H3,(H,28,35)(H,29,31,32). The van der Waals surface area contributed by atoms with Crippen LogP contribution in [0.1, 0.15) is 85.6 Å². The summed E-state index contributed by atoms with van der Waals surface area (Å²) < 4.78 is 5.20. The number of alkyl carbamates (subject to hydrolysis) is 1. The Kier molecular flexibility index (Phi) is 9.19. The Labute approximate surface area is 211 Å². The van der Waals surface area contributed by atoms with Crippen LogP contribution in [0.5, 0.6) is 0 Å². The van der Waals surface area contributed by atoms with Crippen LogP contribution in [0.15, 0.2) is 18.2 Å². The number of piperidine rings is 1. The Bertz CT molecular complexity index is 1020. The van der Waals surface area contributed by atoms with E-state index in [1.807, 2.05) is 26.8 Å². The van der Waals surface area contributed by atoms with Gasteiger partial charge in [-0.1, -0.05) is 18.6 Å². The van der Waals surface area contributed by atoms with Crippen molar-refractivity contribution in [3.8, 4) is 0 Å². The van der Waals surface area contributed by atoms with Gasteiger partial charge in [-0.25, -0.2) is 4.79 Å². The third-order valence-electron chi connectivity index (χ3n) is 6.05. The summed E-state index contributed by atoms with van der Waals surface area (Å²) in [6.07, 6.45) is 4.08. The minimum atomic E-state index is -0.955. The normalized spacial score (nSPS) is 17.8. The molecule has 1 aromatic carbocycles. The molecule has 10 nitrogen and oxygen atoms in total. The van der Waals surface area contributed by atoms with Crippen LogP contribution in [0, 0.1) is 0 Å². The second-order valence-electron chi connectivity index (χ2n) is 10.1. The predicted octanol–water partition coefficient (Wildman–Crippen LogP) is 2.31. The first-order valence-electron chi connectivity index (χ1n) is 12.6. The Morgan fingerprint density at radius 3 is 2.47 bits per heavy atom. The third kappa shape index (κ3) is 7.13. The highest BCUT2D eigenvalue weighted by Crippen LogP contribution is 2.30. The number of nitrogens with zero attached hydrogens (tertiary/aromatic N) is 1. The molecule has 1 saturated heterocycles. The molecule has 2 heterocycles. The van der Waals surface area contributed by atoms with Crippen LogP contribution in [0.3, 0.4) is 0 Å². The summed E-state index contributed by atoms with van der Waals surface area (Å²) in [5, 5.41) is 8.35. The highest BCUT2D eigenvalue weighted by atomic mass is 16.6. The molecule has 0 bridgehead atoms. The summed E-state index contributed by atoms with van der Waals surface area (Å²) in [6.45, 7) is 7.68. The maximum Gasteiger partial charge on any atom is 0.407 e. The molecule has 5 amide bonds. The number of rotatable bonds is 11. The van der Waals surface area contributed by atoms with Gasteiger partial charge in [0, 0.05) is 13.0 Å². The van der Waals surface area contributed by atoms with Crippen LogP contribution in [0.4, 0.5) is 4.79 Å². The van der Waals surface area contributed by atoms with E-state index in [9.17, 15) is 24.0 Å². The van der Waals surface area contributed by atoms with Crippen molar-refractivity contribution in [1.82, 2.24) is 20.9 Å². The molecular weight excluding hydrogens is 464 g/mol. The highest BCUT2D eigenvalue weighted by Gasteiger charge is 2.45. The monoisotopic (exact) mass is 500 g/mol. The first-order chi connectivity index (χ1) is 17.1. The van der Waals surface area contributed by atoms with Gasteiger partial charge < -0.3 is 15.4 Å². The summed E-state index contributed by atoms with van der Waals surface area (Å²) >= 11 is 0. The highest BCUT2D eigenvalue weighted by molar-refractivity contribution is 6.24. The molecule has 196 valence electrons. The average Bonchev–Trinajstić information content (AvgIpc) is 3.05. The number of imide groups is 2. The second kappa shape index (κ2) is 12.1. The van der Waals surface area contributed by atoms with Crippen molar-refractivity contribution in [2.24, 2.45) is 0 Å². The minimum Gasteiger partial charge on any atom is -0.444 e. The van der Waals surface area contributed by atoms with Crippen molar-refractivity contribution in [2.45, 2.75) is 77.4 Å². The van der Waals surface area contributed by atoms with Gasteiger partial charge in [0.1, 0.15) is 11.6 Å². The summed E-state index contributed by atoms with van der Waals surface area (Å²) in [4.78, 5) is 62.3. The number of nitrogens with one attached hydrogen (secondary N) is 3. The van der Waals surface area contributed by atoms with Crippen LogP contribution < -0.4 is 16.0 Å². The van der Waals surface area contributed by atoms with Crippen LogP contribution in [0.2, 0.25) is 0 Å². The van der Waals surface area contributed by atoms with Crippen LogP contribution in [0.25, 0.3) is 0 Å². The molecule has 3 N–H and O–H groups in total. The number of unbranched alkanes of at least 4 members (excludes halogenated alkanes) is 2. The van der Waals surface area contributed by atoms with Gasteiger partial charge in [-0.05, 0) is 77.6 Å². The van der Waals surface area contributed by atoms with Crippen LogP contribution >= 0.6 is 0 Å². The number of amides is 5. The Hall–Kier alpha value is -3.27. The lowest BCUT2D eigenvalue weighted by molar-refractivity contribution is -0.136. The first kappa shape index (κ1) is 27.3. The van der Waals surface area contributed by atoms with Crippen molar-refractivity contribution < 1.29 is 28.7 Å². The molecule has 1 aromatic rings. The molecule has 10 heteroatoms. The lowest BCUT2D eigenvalue weighted by atomic mass is 9.99. The number of hydrogen-bond donors (Lipinski definition) is 3. The number of fused-ring (bicyclic) bond motifs is 1. The summed E-state index contributed by atoms with van der Waals surface area (Å²) in [7, 11) is 0. The van der Waals surface area contributed by atoms with Gasteiger partial charge in [-0.2, -0.15) is 0 Å². The number of benzene rings is 1. The molecular formula is C26H36N4O6. The molecule has 1 unspecified atom stereocenters. The SMILES string of the molecule is CC(C)(C)OC(=O)NCCCCCNCCCc1cccc2c1C(=O)N(C1CCC(=O)NC1=O)C2=O. The minimum absolute atomic E-state index is 0.0998. The van der Waals surface area contributed by atoms with E-state index in [0.29, 0.717) is 24.1 Å². The number of ether oxygens (including phenoxy) is 1. The topological polar surface area (TPSA) is 134 Å². The molecule has 2 aliphatic rings. The number of carbonyl (C=O) groups is 5. The van der Waals surface area contributed by atoms with Gasteiger partial charge in [0.15, 0.2) is 0 Å². The fourth-order valence-corrected chi connectivity index (χ4v) is 4.38. The largest absolute Gasteiger partial charge is 0.444 e. The lowest BCUT2D eigenvalue weighted by Gasteiger charge is -2.27. The number of hydrogen-bond acceptors (Lipinski definition) is 7. The van der Waals surface area contributed by atoms with Crippen molar-refractivity contribution >= 4 is 29.7 Å². The van der Waals surface area contributed by atoms with E-state index in [4.69, 9.17) is 4.74 Å². The fourth-order valence-electron chi connectivity index (χ4n) is 4.38. The lowest BCUT2D eigenvalue weighted by Crippen LogP contribution is -2.54. The van der Waals surface area contributed by atoms with Gasteiger partial charge in [0.2, 0.25) is 11.8 Å². The summed E-state index contributed by atoms with van der Waals surface area (Å²) in [5.41, 5.74) is 0.972. The summed E-state index contributed by atoms with van der Waals surface area (Å²) in [5.74, 6) is -1.94. The van der Waals surface area contributed by atoms with E-state index in [1.165, 1.54) is 0 Å². The molecule has 1 fully saturated rings. The Balaban J connectivity index is 1.38. The van der Waals surface area contributed by atoms with Gasteiger partial charge in [0.25, 0.3) is 11.8 Å². The van der Waals surface area contributed by atoms with Crippen molar-refractivity contribution in [3.05, 3.63) is 34.9 Å². The van der Waals surface area contributed by atoms with Crippen molar-refractivity contribution in [3.63, 3.8) is 0 Å². The van der Waals surface area contributed by atoms with Gasteiger partial charge in [-0.15, -0.1) is 0 Å². The molecule has 3 rings (SSSR count). The number of carbonyl (C=O) groups excluding carboxylic acids is 5. The van der Waals surface area contributed by atoms with E-state index in [0.717, 1.165) is 49.2 Å². The third-order valence-corrected chi connectivity index (χ3v) is 6.05.